The monoisotopic (exact) mass is 386 g/mol. The van der Waals surface area contributed by atoms with Crippen molar-refractivity contribution in [1.29, 1.82) is 0 Å². The van der Waals surface area contributed by atoms with Crippen molar-refractivity contribution in [2.24, 2.45) is 5.92 Å². The highest BCUT2D eigenvalue weighted by molar-refractivity contribution is 7.11. The second-order valence-corrected chi connectivity index (χ2v) is 8.20. The molecule has 1 aromatic heterocycles. The minimum atomic E-state index is -0.256. The Kier molecular flexibility index (Phi) is 4.59. The van der Waals surface area contributed by atoms with Gasteiger partial charge in [-0.1, -0.05) is 24.6 Å². The van der Waals surface area contributed by atoms with Gasteiger partial charge in [-0.15, -0.1) is 11.3 Å². The number of benzene rings is 1. The van der Waals surface area contributed by atoms with Crippen LogP contribution in [0.25, 0.3) is 5.57 Å². The lowest BCUT2D eigenvalue weighted by Gasteiger charge is -2.33. The van der Waals surface area contributed by atoms with Gasteiger partial charge in [-0.3, -0.25) is 9.59 Å². The Morgan fingerprint density at radius 1 is 1.12 bits per heavy atom. The van der Waals surface area contributed by atoms with Gasteiger partial charge in [0.05, 0.1) is 11.3 Å². The van der Waals surface area contributed by atoms with Crippen molar-refractivity contribution in [1.82, 2.24) is 4.90 Å². The van der Waals surface area contributed by atoms with E-state index in [0.29, 0.717) is 27.9 Å². The van der Waals surface area contributed by atoms with Crippen molar-refractivity contribution in [2.45, 2.75) is 19.8 Å². The molecule has 26 heavy (non-hydrogen) atoms. The van der Waals surface area contributed by atoms with Gasteiger partial charge >= 0.3 is 0 Å². The zero-order chi connectivity index (χ0) is 18.3. The lowest BCUT2D eigenvalue weighted by Crippen LogP contribution is -2.39. The van der Waals surface area contributed by atoms with Crippen molar-refractivity contribution in [3.05, 3.63) is 57.4 Å². The summed E-state index contributed by atoms with van der Waals surface area (Å²) in [6, 6.07) is 10.6. The summed E-state index contributed by atoms with van der Waals surface area (Å²) >= 11 is 7.45. The van der Waals surface area contributed by atoms with E-state index in [1.807, 2.05) is 17.5 Å². The van der Waals surface area contributed by atoms with Crippen LogP contribution in [0.5, 0.6) is 0 Å². The van der Waals surface area contributed by atoms with Gasteiger partial charge in [-0.05, 0) is 54.5 Å². The van der Waals surface area contributed by atoms with E-state index in [9.17, 15) is 9.59 Å². The number of thiophene rings is 1. The molecule has 4 nitrogen and oxygen atoms in total. The molecule has 3 heterocycles. The molecule has 4 rings (SSSR count). The van der Waals surface area contributed by atoms with Crippen molar-refractivity contribution in [3.63, 3.8) is 0 Å². The van der Waals surface area contributed by atoms with Crippen molar-refractivity contribution < 1.29 is 9.59 Å². The van der Waals surface area contributed by atoms with Crippen LogP contribution in [0.4, 0.5) is 5.69 Å². The Hall–Kier alpha value is -2.11. The number of amides is 2. The first-order valence-corrected chi connectivity index (χ1v) is 9.99. The standard InChI is InChI=1S/C20H19ClN2O2S/c1-13-4-2-10-22(12-13)18-17(16-5-3-11-26-16)19(24)23(20(18)25)15-8-6-14(21)7-9-15/h3,5-9,11,13H,2,4,10,12H2,1H3. The Morgan fingerprint density at radius 3 is 2.54 bits per heavy atom. The Morgan fingerprint density at radius 2 is 1.88 bits per heavy atom. The van der Waals surface area contributed by atoms with E-state index in [1.165, 1.54) is 16.2 Å². The summed E-state index contributed by atoms with van der Waals surface area (Å²) in [4.78, 5) is 30.7. The predicted octanol–water partition coefficient (Wildman–Crippen LogP) is 4.42. The van der Waals surface area contributed by atoms with E-state index in [0.717, 1.165) is 30.8 Å². The SMILES string of the molecule is CC1CCCN(C2=C(c3cccs3)C(=O)N(c3ccc(Cl)cc3)C2=O)C1. The summed E-state index contributed by atoms with van der Waals surface area (Å²) in [7, 11) is 0. The summed E-state index contributed by atoms with van der Waals surface area (Å²) in [5, 5.41) is 2.51. The van der Waals surface area contributed by atoms with Crippen LogP contribution in [0.1, 0.15) is 24.6 Å². The smallest absolute Gasteiger partial charge is 0.282 e. The van der Waals surface area contributed by atoms with Crippen molar-refractivity contribution in [2.75, 3.05) is 18.0 Å². The molecule has 2 aliphatic rings. The molecule has 0 aliphatic carbocycles. The van der Waals surface area contributed by atoms with Gasteiger partial charge in [-0.2, -0.15) is 0 Å². The van der Waals surface area contributed by atoms with Crippen LogP contribution in [-0.4, -0.2) is 29.8 Å². The lowest BCUT2D eigenvalue weighted by molar-refractivity contribution is -0.120. The topological polar surface area (TPSA) is 40.6 Å². The first-order valence-electron chi connectivity index (χ1n) is 8.73. The normalized spacial score (nSPS) is 21.1. The highest BCUT2D eigenvalue weighted by atomic mass is 35.5. The number of carbonyl (C=O) groups excluding carboxylic acids is 2. The minimum Gasteiger partial charge on any atom is -0.366 e. The first-order chi connectivity index (χ1) is 12.6. The largest absolute Gasteiger partial charge is 0.366 e. The highest BCUT2D eigenvalue weighted by Crippen LogP contribution is 2.38. The molecule has 0 saturated carbocycles. The van der Waals surface area contributed by atoms with Crippen LogP contribution in [-0.2, 0) is 9.59 Å². The number of hydrogen-bond acceptors (Lipinski definition) is 4. The van der Waals surface area contributed by atoms with Gasteiger partial charge in [0.15, 0.2) is 0 Å². The van der Waals surface area contributed by atoms with Crippen LogP contribution in [0.15, 0.2) is 47.5 Å². The molecule has 1 aromatic carbocycles. The molecule has 1 atom stereocenters. The molecular formula is C20H19ClN2O2S. The number of hydrogen-bond donors (Lipinski definition) is 0. The summed E-state index contributed by atoms with van der Waals surface area (Å²) in [6.07, 6.45) is 2.19. The van der Waals surface area contributed by atoms with E-state index in [-0.39, 0.29) is 11.8 Å². The second-order valence-electron chi connectivity index (χ2n) is 6.82. The maximum Gasteiger partial charge on any atom is 0.282 e. The van der Waals surface area contributed by atoms with Gasteiger partial charge in [-0.25, -0.2) is 4.90 Å². The van der Waals surface area contributed by atoms with Gasteiger partial charge < -0.3 is 4.90 Å². The quantitative estimate of drug-likeness (QED) is 0.733. The molecule has 1 unspecified atom stereocenters. The summed E-state index contributed by atoms with van der Waals surface area (Å²) < 4.78 is 0. The van der Waals surface area contributed by atoms with Gasteiger partial charge in [0.25, 0.3) is 11.8 Å². The first kappa shape index (κ1) is 17.3. The van der Waals surface area contributed by atoms with Crippen LogP contribution in [0.2, 0.25) is 5.02 Å². The zero-order valence-corrected chi connectivity index (χ0v) is 16.0. The highest BCUT2D eigenvalue weighted by Gasteiger charge is 2.43. The summed E-state index contributed by atoms with van der Waals surface area (Å²) in [5.41, 5.74) is 1.62. The van der Waals surface area contributed by atoms with Crippen LogP contribution in [0.3, 0.4) is 0 Å². The Labute approximate surface area is 161 Å². The maximum atomic E-state index is 13.3. The fourth-order valence-electron chi connectivity index (χ4n) is 3.67. The van der Waals surface area contributed by atoms with E-state index < -0.39 is 0 Å². The number of likely N-dealkylation sites (tertiary alicyclic amines) is 1. The third-order valence-electron chi connectivity index (χ3n) is 4.89. The van der Waals surface area contributed by atoms with E-state index in [1.54, 1.807) is 24.3 Å². The molecule has 0 bridgehead atoms. The molecule has 2 aromatic rings. The average molecular weight is 387 g/mol. The van der Waals surface area contributed by atoms with E-state index >= 15 is 0 Å². The zero-order valence-electron chi connectivity index (χ0n) is 14.4. The minimum absolute atomic E-state index is 0.241. The third-order valence-corrected chi connectivity index (χ3v) is 6.02. The average Bonchev–Trinajstić information content (AvgIpc) is 3.22. The van der Waals surface area contributed by atoms with Gasteiger partial charge in [0.1, 0.15) is 5.70 Å². The molecular weight excluding hydrogens is 368 g/mol. The molecule has 0 N–H and O–H groups in total. The second kappa shape index (κ2) is 6.89. The summed E-state index contributed by atoms with van der Waals surface area (Å²) in [5.74, 6) is 0.0103. The van der Waals surface area contributed by atoms with E-state index in [2.05, 4.69) is 11.8 Å². The molecule has 1 saturated heterocycles. The molecule has 6 heteroatoms. The number of piperidine rings is 1. The fraction of sp³-hybridized carbons (Fsp3) is 0.300. The molecule has 0 radical (unpaired) electrons. The van der Waals surface area contributed by atoms with Crippen molar-refractivity contribution >= 4 is 46.0 Å². The molecule has 134 valence electrons. The molecule has 2 aliphatic heterocycles. The lowest BCUT2D eigenvalue weighted by atomic mass is 9.99. The van der Waals surface area contributed by atoms with Crippen molar-refractivity contribution in [3.8, 4) is 0 Å². The van der Waals surface area contributed by atoms with E-state index in [4.69, 9.17) is 11.6 Å². The number of imide groups is 1. The Balaban J connectivity index is 1.79. The van der Waals surface area contributed by atoms with Gasteiger partial charge in [0.2, 0.25) is 0 Å². The molecule has 0 spiro atoms. The number of rotatable bonds is 3. The third kappa shape index (κ3) is 2.95. The number of halogens is 1. The Bertz CT molecular complexity index is 874. The fourth-order valence-corrected chi connectivity index (χ4v) is 4.56. The van der Waals surface area contributed by atoms with Crippen LogP contribution >= 0.6 is 22.9 Å². The van der Waals surface area contributed by atoms with Gasteiger partial charge in [0, 0.05) is 23.0 Å². The van der Waals surface area contributed by atoms with Crippen LogP contribution in [0, 0.1) is 5.92 Å². The molecule has 1 fully saturated rings. The number of anilines is 1. The van der Waals surface area contributed by atoms with Crippen LogP contribution < -0.4 is 4.90 Å². The summed E-state index contributed by atoms with van der Waals surface area (Å²) in [6.45, 7) is 3.80. The number of carbonyl (C=O) groups is 2. The molecule has 2 amide bonds. The number of nitrogens with zero attached hydrogens (tertiary/aromatic N) is 2. The predicted molar refractivity (Wildman–Crippen MR) is 105 cm³/mol. The maximum absolute atomic E-state index is 13.3.